The Morgan fingerprint density at radius 2 is 1.81 bits per heavy atom. The first-order valence-corrected chi connectivity index (χ1v) is 10.6. The lowest BCUT2D eigenvalue weighted by Crippen LogP contribution is -2.43. The number of hydrogen-bond donors (Lipinski definition) is 1. The average molecular weight is 455 g/mol. The second kappa shape index (κ2) is 9.09. The van der Waals surface area contributed by atoms with Gasteiger partial charge in [0, 0.05) is 22.8 Å². The zero-order valence-electron chi connectivity index (χ0n) is 18.1. The molecule has 2 amide bonds. The Balaban J connectivity index is 1.84. The van der Waals surface area contributed by atoms with Crippen molar-refractivity contribution in [1.29, 1.82) is 0 Å². The molecule has 3 aromatic carbocycles. The number of carbonyl (C=O) groups is 1. The topological polar surface area (TPSA) is 50.8 Å². The summed E-state index contributed by atoms with van der Waals surface area (Å²) < 4.78 is 26.0. The van der Waals surface area contributed by atoms with Crippen molar-refractivity contribution >= 4 is 23.3 Å². The third-order valence-electron chi connectivity index (χ3n) is 5.79. The van der Waals surface area contributed by atoms with Gasteiger partial charge in [-0.2, -0.15) is 0 Å². The van der Waals surface area contributed by atoms with Crippen LogP contribution in [0.25, 0.3) is 0 Å². The zero-order valence-corrected chi connectivity index (χ0v) is 18.9. The van der Waals surface area contributed by atoms with Gasteiger partial charge < -0.3 is 19.7 Å². The van der Waals surface area contributed by atoms with Gasteiger partial charge in [-0.05, 0) is 60.4 Å². The smallest absolute Gasteiger partial charge is 0.322 e. The van der Waals surface area contributed by atoms with Crippen LogP contribution in [0.2, 0.25) is 5.02 Å². The summed E-state index contributed by atoms with van der Waals surface area (Å²) in [6.45, 7) is 2.30. The molecule has 4 rings (SSSR count). The number of methoxy groups -OCH3 is 2. The van der Waals surface area contributed by atoms with Crippen molar-refractivity contribution < 1.29 is 18.7 Å². The van der Waals surface area contributed by atoms with E-state index >= 15 is 4.39 Å². The highest BCUT2D eigenvalue weighted by Gasteiger charge is 2.36. The maximum absolute atomic E-state index is 15.1. The fourth-order valence-corrected chi connectivity index (χ4v) is 4.41. The molecule has 0 aromatic heterocycles. The molecule has 0 unspecified atom stereocenters. The summed E-state index contributed by atoms with van der Waals surface area (Å²) in [6.07, 6.45) is 0.583. The number of fused-ring (bicyclic) bond motifs is 1. The van der Waals surface area contributed by atoms with Crippen molar-refractivity contribution in [2.75, 3.05) is 26.1 Å². The van der Waals surface area contributed by atoms with Crippen LogP contribution in [-0.4, -0.2) is 31.7 Å². The van der Waals surface area contributed by atoms with Crippen molar-refractivity contribution in [2.24, 2.45) is 0 Å². The average Bonchev–Trinajstić information content (AvgIpc) is 2.79. The summed E-state index contributed by atoms with van der Waals surface area (Å²) in [7, 11) is 3.11. The zero-order chi connectivity index (χ0) is 22.8. The predicted octanol–water partition coefficient (Wildman–Crippen LogP) is 5.98. The normalized spacial score (nSPS) is 15.2. The van der Waals surface area contributed by atoms with E-state index in [-0.39, 0.29) is 16.6 Å². The summed E-state index contributed by atoms with van der Waals surface area (Å²) >= 11 is 6.46. The lowest BCUT2D eigenvalue weighted by molar-refractivity contribution is 0.192. The van der Waals surface area contributed by atoms with Gasteiger partial charge in [0.05, 0.1) is 20.3 Å². The van der Waals surface area contributed by atoms with Crippen LogP contribution in [0.3, 0.4) is 0 Å². The highest BCUT2D eigenvalue weighted by molar-refractivity contribution is 6.31. The van der Waals surface area contributed by atoms with Crippen LogP contribution in [0.15, 0.2) is 54.6 Å². The number of anilines is 1. The molecular weight excluding hydrogens is 431 g/mol. The molecule has 7 heteroatoms. The lowest BCUT2D eigenvalue weighted by Gasteiger charge is -2.38. The number of amides is 2. The SMILES string of the molecule is COc1cc2c(cc1OC)[C@@H](c1c(F)cccc1Cl)N(C(=O)Nc1ccccc1C)CC2. The number of aryl methyl sites for hydroxylation is 1. The van der Waals surface area contributed by atoms with Gasteiger partial charge in [0.2, 0.25) is 0 Å². The summed E-state index contributed by atoms with van der Waals surface area (Å²) in [5.74, 6) is 0.617. The number of nitrogens with one attached hydrogen (secondary N) is 1. The van der Waals surface area contributed by atoms with Crippen LogP contribution < -0.4 is 14.8 Å². The molecule has 0 saturated carbocycles. The second-order valence-electron chi connectivity index (χ2n) is 7.63. The fraction of sp³-hybridized carbons (Fsp3) is 0.240. The molecule has 166 valence electrons. The van der Waals surface area contributed by atoms with E-state index in [0.29, 0.717) is 30.2 Å². The molecule has 0 radical (unpaired) electrons. The molecule has 0 bridgehead atoms. The van der Waals surface area contributed by atoms with E-state index in [9.17, 15) is 4.79 Å². The largest absolute Gasteiger partial charge is 0.493 e. The van der Waals surface area contributed by atoms with E-state index in [0.717, 1.165) is 16.7 Å². The molecule has 32 heavy (non-hydrogen) atoms. The van der Waals surface area contributed by atoms with Gasteiger partial charge in [-0.25, -0.2) is 9.18 Å². The number of rotatable bonds is 4. The molecule has 0 aliphatic carbocycles. The van der Waals surface area contributed by atoms with Gasteiger partial charge in [-0.3, -0.25) is 0 Å². The molecule has 0 spiro atoms. The molecule has 1 N–H and O–H groups in total. The molecular formula is C25H24ClFN2O3. The minimum Gasteiger partial charge on any atom is -0.493 e. The van der Waals surface area contributed by atoms with Gasteiger partial charge in [-0.15, -0.1) is 0 Å². The van der Waals surface area contributed by atoms with Crippen LogP contribution in [-0.2, 0) is 6.42 Å². The number of hydrogen-bond acceptors (Lipinski definition) is 3. The monoisotopic (exact) mass is 454 g/mol. The summed E-state index contributed by atoms with van der Waals surface area (Å²) in [5, 5.41) is 3.22. The molecule has 0 saturated heterocycles. The first-order valence-electron chi connectivity index (χ1n) is 10.3. The van der Waals surface area contributed by atoms with Crippen LogP contribution >= 0.6 is 11.6 Å². The molecule has 1 aliphatic heterocycles. The highest BCUT2D eigenvalue weighted by Crippen LogP contribution is 2.43. The van der Waals surface area contributed by atoms with Gasteiger partial charge in [0.1, 0.15) is 5.82 Å². The first kappa shape index (κ1) is 22.0. The van der Waals surface area contributed by atoms with Crippen LogP contribution in [0.1, 0.15) is 28.3 Å². The fourth-order valence-electron chi connectivity index (χ4n) is 4.15. The Kier molecular flexibility index (Phi) is 6.24. The summed E-state index contributed by atoms with van der Waals surface area (Å²) in [6, 6.07) is 14.7. The number of para-hydroxylation sites is 1. The number of carbonyl (C=O) groups excluding carboxylic acids is 1. The minimum atomic E-state index is -0.726. The maximum atomic E-state index is 15.1. The molecule has 1 heterocycles. The number of urea groups is 1. The van der Waals surface area contributed by atoms with Gasteiger partial charge in [0.15, 0.2) is 11.5 Å². The highest BCUT2D eigenvalue weighted by atomic mass is 35.5. The van der Waals surface area contributed by atoms with E-state index in [2.05, 4.69) is 5.32 Å². The molecule has 1 aliphatic rings. The maximum Gasteiger partial charge on any atom is 0.322 e. The van der Waals surface area contributed by atoms with Gasteiger partial charge >= 0.3 is 6.03 Å². The molecule has 3 aromatic rings. The summed E-state index contributed by atoms with van der Waals surface area (Å²) in [5.41, 5.74) is 3.59. The van der Waals surface area contributed by atoms with Crippen molar-refractivity contribution in [3.05, 3.63) is 87.7 Å². The quantitative estimate of drug-likeness (QED) is 0.527. The molecule has 5 nitrogen and oxygen atoms in total. The Morgan fingerprint density at radius 1 is 1.09 bits per heavy atom. The van der Waals surface area contributed by atoms with E-state index in [4.69, 9.17) is 21.1 Å². The summed E-state index contributed by atoms with van der Waals surface area (Å²) in [4.78, 5) is 15.0. The number of ether oxygens (including phenoxy) is 2. The third kappa shape index (κ3) is 3.98. The van der Waals surface area contributed by atoms with E-state index in [1.54, 1.807) is 37.3 Å². The van der Waals surface area contributed by atoms with Crippen LogP contribution in [0.5, 0.6) is 11.5 Å². The standard InChI is InChI=1S/C25H24ClFN2O3/c1-15-7-4-5-10-20(15)28-25(30)29-12-11-16-13-21(31-2)22(32-3)14-17(16)24(29)23-18(26)8-6-9-19(23)27/h4-10,13-14,24H,11-12H2,1-3H3,(H,28,30)/t24-/m0/s1. The predicted molar refractivity (Wildman–Crippen MR) is 123 cm³/mol. The van der Waals surface area contributed by atoms with E-state index in [1.807, 2.05) is 37.3 Å². The van der Waals surface area contributed by atoms with Crippen molar-refractivity contribution in [1.82, 2.24) is 4.90 Å². The Bertz CT molecular complexity index is 1150. The number of halogens is 2. The lowest BCUT2D eigenvalue weighted by atomic mass is 9.87. The third-order valence-corrected chi connectivity index (χ3v) is 6.12. The van der Waals surface area contributed by atoms with Crippen molar-refractivity contribution in [2.45, 2.75) is 19.4 Å². The number of nitrogens with zero attached hydrogens (tertiary/aromatic N) is 1. The van der Waals surface area contributed by atoms with Crippen molar-refractivity contribution in [3.63, 3.8) is 0 Å². The van der Waals surface area contributed by atoms with Crippen LogP contribution in [0, 0.1) is 12.7 Å². The minimum absolute atomic E-state index is 0.252. The first-order chi connectivity index (χ1) is 15.4. The van der Waals surface area contributed by atoms with Gasteiger partial charge in [0.25, 0.3) is 0 Å². The van der Waals surface area contributed by atoms with Crippen LogP contribution in [0.4, 0.5) is 14.9 Å². The Labute approximate surface area is 191 Å². The Morgan fingerprint density at radius 3 is 2.50 bits per heavy atom. The number of benzene rings is 3. The Hall–Kier alpha value is -3.25. The van der Waals surface area contributed by atoms with E-state index < -0.39 is 11.9 Å². The molecule has 1 atom stereocenters. The van der Waals surface area contributed by atoms with Crippen molar-refractivity contribution in [3.8, 4) is 11.5 Å². The van der Waals surface area contributed by atoms with E-state index in [1.165, 1.54) is 6.07 Å². The second-order valence-corrected chi connectivity index (χ2v) is 8.04. The van der Waals surface area contributed by atoms with Gasteiger partial charge in [-0.1, -0.05) is 35.9 Å². The molecule has 0 fully saturated rings.